The van der Waals surface area contributed by atoms with Gasteiger partial charge in [0, 0.05) is 23.8 Å². The highest BCUT2D eigenvalue weighted by Gasteiger charge is 2.24. The lowest BCUT2D eigenvalue weighted by molar-refractivity contribution is -0.117. The van der Waals surface area contributed by atoms with Gasteiger partial charge in [-0.2, -0.15) is 0 Å². The molecule has 7 heteroatoms. The molecule has 0 atom stereocenters. The van der Waals surface area contributed by atoms with Crippen molar-refractivity contribution in [1.29, 1.82) is 0 Å². The second kappa shape index (κ2) is 6.27. The number of rotatable bonds is 3. The van der Waals surface area contributed by atoms with Gasteiger partial charge < -0.3 is 10.0 Å². The van der Waals surface area contributed by atoms with Gasteiger partial charge in [0.05, 0.1) is 17.0 Å². The number of nitrogens with one attached hydrogen (secondary N) is 1. The van der Waals surface area contributed by atoms with E-state index in [1.54, 1.807) is 30.3 Å². The fourth-order valence-corrected chi connectivity index (χ4v) is 4.07. The molecule has 2 aromatic heterocycles. The van der Waals surface area contributed by atoms with E-state index in [9.17, 15) is 9.59 Å². The molecular weight excluding hydrogens is 350 g/mol. The number of hydrogen-bond donors (Lipinski definition) is 2. The molecule has 0 bridgehead atoms. The van der Waals surface area contributed by atoms with Crippen molar-refractivity contribution in [2.75, 3.05) is 17.3 Å². The molecule has 0 unspecified atom stereocenters. The van der Waals surface area contributed by atoms with Gasteiger partial charge >= 0.3 is 6.09 Å². The van der Waals surface area contributed by atoms with Gasteiger partial charge in [-0.15, -0.1) is 11.3 Å². The third-order valence-corrected chi connectivity index (χ3v) is 5.47. The van der Waals surface area contributed by atoms with Crippen LogP contribution in [-0.2, 0) is 11.2 Å². The van der Waals surface area contributed by atoms with Gasteiger partial charge in [-0.25, -0.2) is 4.79 Å². The fraction of sp³-hybridized carbons (Fsp3) is 0.105. The standard InChI is InChI=1S/C19H15N3O3S/c1-22-14-5-4-11(9-12(14)10-17(22)23)15-6-7-16(26-15)18-13(21-19(24)25)3-2-8-20-18/h2-9,21H,10H2,1H3,(H,24,25). The van der Waals surface area contributed by atoms with E-state index in [-0.39, 0.29) is 5.91 Å². The molecule has 26 heavy (non-hydrogen) atoms. The summed E-state index contributed by atoms with van der Waals surface area (Å²) in [5.74, 6) is 0.0990. The number of aromatic nitrogens is 1. The summed E-state index contributed by atoms with van der Waals surface area (Å²) in [7, 11) is 1.79. The highest BCUT2D eigenvalue weighted by Crippen LogP contribution is 2.38. The lowest BCUT2D eigenvalue weighted by Crippen LogP contribution is -2.20. The van der Waals surface area contributed by atoms with Crippen molar-refractivity contribution in [2.24, 2.45) is 0 Å². The molecule has 3 heterocycles. The Hall–Kier alpha value is -3.19. The molecule has 1 aromatic carbocycles. The molecule has 130 valence electrons. The second-order valence-electron chi connectivity index (χ2n) is 5.97. The normalized spacial score (nSPS) is 13.0. The molecule has 0 spiro atoms. The fourth-order valence-electron chi connectivity index (χ4n) is 3.06. The lowest BCUT2D eigenvalue weighted by atomic mass is 10.1. The molecule has 3 aromatic rings. The molecule has 0 saturated carbocycles. The first-order valence-corrected chi connectivity index (χ1v) is 8.79. The van der Waals surface area contributed by atoms with Crippen molar-refractivity contribution < 1.29 is 14.7 Å². The summed E-state index contributed by atoms with van der Waals surface area (Å²) in [4.78, 5) is 30.7. The van der Waals surface area contributed by atoms with Crippen LogP contribution in [0.1, 0.15) is 5.56 Å². The molecule has 2 N–H and O–H groups in total. The quantitative estimate of drug-likeness (QED) is 0.732. The minimum absolute atomic E-state index is 0.0990. The first kappa shape index (κ1) is 16.3. The van der Waals surface area contributed by atoms with Crippen LogP contribution in [0.4, 0.5) is 16.2 Å². The van der Waals surface area contributed by atoms with Crippen LogP contribution >= 0.6 is 11.3 Å². The van der Waals surface area contributed by atoms with Crippen LogP contribution in [0, 0.1) is 0 Å². The number of amides is 2. The van der Waals surface area contributed by atoms with Gasteiger partial charge in [0.2, 0.25) is 5.91 Å². The van der Waals surface area contributed by atoms with Crippen LogP contribution in [0.3, 0.4) is 0 Å². The van der Waals surface area contributed by atoms with Crippen molar-refractivity contribution in [3.05, 3.63) is 54.2 Å². The average Bonchev–Trinajstić information content (AvgIpc) is 3.20. The number of pyridine rings is 1. The molecule has 1 aliphatic rings. The molecule has 0 fully saturated rings. The Morgan fingerprint density at radius 1 is 1.23 bits per heavy atom. The largest absolute Gasteiger partial charge is 0.465 e. The Morgan fingerprint density at radius 2 is 2.04 bits per heavy atom. The van der Waals surface area contributed by atoms with E-state index in [0.29, 0.717) is 17.8 Å². The maximum atomic E-state index is 11.9. The summed E-state index contributed by atoms with van der Waals surface area (Å²) in [6.07, 6.45) is 0.937. The Bertz CT molecular complexity index is 1030. The summed E-state index contributed by atoms with van der Waals surface area (Å²) in [6, 6.07) is 13.3. The number of thiophene rings is 1. The van der Waals surface area contributed by atoms with E-state index < -0.39 is 6.09 Å². The zero-order valence-corrected chi connectivity index (χ0v) is 14.7. The number of likely N-dealkylation sites (N-methyl/N-ethyl adjacent to an activating group) is 1. The smallest absolute Gasteiger partial charge is 0.409 e. The minimum atomic E-state index is -1.12. The van der Waals surface area contributed by atoms with Crippen LogP contribution in [-0.4, -0.2) is 29.1 Å². The van der Waals surface area contributed by atoms with E-state index >= 15 is 0 Å². The Kier molecular flexibility index (Phi) is 3.93. The molecule has 0 saturated heterocycles. The molecular formula is C19H15N3O3S. The van der Waals surface area contributed by atoms with Crippen LogP contribution in [0.25, 0.3) is 21.0 Å². The third-order valence-electron chi connectivity index (χ3n) is 4.33. The molecule has 6 nitrogen and oxygen atoms in total. The number of hydrogen-bond acceptors (Lipinski definition) is 4. The van der Waals surface area contributed by atoms with Crippen molar-refractivity contribution in [2.45, 2.75) is 6.42 Å². The minimum Gasteiger partial charge on any atom is -0.465 e. The molecule has 0 aliphatic carbocycles. The summed E-state index contributed by atoms with van der Waals surface area (Å²) in [5.41, 5.74) is 4.06. The number of carbonyl (C=O) groups is 2. The third kappa shape index (κ3) is 2.82. The van der Waals surface area contributed by atoms with Gasteiger partial charge in [0.1, 0.15) is 5.69 Å². The number of benzene rings is 1. The number of nitrogens with zero attached hydrogens (tertiary/aromatic N) is 2. The molecule has 1 aliphatic heterocycles. The Labute approximate surface area is 153 Å². The van der Waals surface area contributed by atoms with Crippen LogP contribution < -0.4 is 10.2 Å². The van der Waals surface area contributed by atoms with Crippen LogP contribution in [0.5, 0.6) is 0 Å². The maximum absolute atomic E-state index is 11.9. The van der Waals surface area contributed by atoms with Gasteiger partial charge in [0.15, 0.2) is 0 Å². The SMILES string of the molecule is CN1C(=O)Cc2cc(-c3ccc(-c4ncccc4NC(=O)O)s3)ccc21. The van der Waals surface area contributed by atoms with Gasteiger partial charge in [-0.05, 0) is 47.5 Å². The van der Waals surface area contributed by atoms with E-state index in [1.807, 2.05) is 30.3 Å². The van der Waals surface area contributed by atoms with Crippen molar-refractivity contribution in [3.8, 4) is 21.0 Å². The number of fused-ring (bicyclic) bond motifs is 1. The molecule has 4 rings (SSSR count). The monoisotopic (exact) mass is 365 g/mol. The van der Waals surface area contributed by atoms with Crippen molar-refractivity contribution >= 4 is 34.7 Å². The first-order valence-electron chi connectivity index (χ1n) is 7.98. The Balaban J connectivity index is 1.69. The summed E-state index contributed by atoms with van der Waals surface area (Å²) >= 11 is 1.53. The van der Waals surface area contributed by atoms with Gasteiger partial charge in [-0.1, -0.05) is 6.07 Å². The number of carbonyl (C=O) groups excluding carboxylic acids is 1. The summed E-state index contributed by atoms with van der Waals surface area (Å²) < 4.78 is 0. The lowest BCUT2D eigenvalue weighted by Gasteiger charge is -2.10. The van der Waals surface area contributed by atoms with E-state index in [0.717, 1.165) is 26.6 Å². The topological polar surface area (TPSA) is 82.5 Å². The summed E-state index contributed by atoms with van der Waals surface area (Å²) in [6.45, 7) is 0. The average molecular weight is 365 g/mol. The van der Waals surface area contributed by atoms with Crippen LogP contribution in [0.15, 0.2) is 48.7 Å². The van der Waals surface area contributed by atoms with E-state index in [4.69, 9.17) is 5.11 Å². The first-order chi connectivity index (χ1) is 12.5. The highest BCUT2D eigenvalue weighted by molar-refractivity contribution is 7.18. The van der Waals surface area contributed by atoms with Gasteiger partial charge in [-0.3, -0.25) is 15.1 Å². The molecule has 0 radical (unpaired) electrons. The van der Waals surface area contributed by atoms with Crippen molar-refractivity contribution in [1.82, 2.24) is 4.98 Å². The number of carboxylic acid groups (broad SMARTS) is 1. The summed E-state index contributed by atoms with van der Waals surface area (Å²) in [5, 5.41) is 11.4. The predicted molar refractivity (Wildman–Crippen MR) is 102 cm³/mol. The van der Waals surface area contributed by atoms with E-state index in [1.165, 1.54) is 11.3 Å². The molecule has 2 amide bonds. The highest BCUT2D eigenvalue weighted by atomic mass is 32.1. The maximum Gasteiger partial charge on any atom is 0.409 e. The van der Waals surface area contributed by atoms with E-state index in [2.05, 4.69) is 10.3 Å². The second-order valence-corrected chi connectivity index (χ2v) is 7.05. The Morgan fingerprint density at radius 3 is 2.85 bits per heavy atom. The van der Waals surface area contributed by atoms with Crippen molar-refractivity contribution in [3.63, 3.8) is 0 Å². The zero-order chi connectivity index (χ0) is 18.3. The number of anilines is 2. The predicted octanol–water partition coefficient (Wildman–Crippen LogP) is 4.09. The zero-order valence-electron chi connectivity index (χ0n) is 13.9. The van der Waals surface area contributed by atoms with Gasteiger partial charge in [0.25, 0.3) is 0 Å². The van der Waals surface area contributed by atoms with Crippen LogP contribution in [0.2, 0.25) is 0 Å².